The molecule has 0 bridgehead atoms. The minimum Gasteiger partial charge on any atom is -0.454 e. The second-order valence-electron chi connectivity index (χ2n) is 12.7. The monoisotopic (exact) mass is 591 g/mol. The molecule has 5 nitrogen and oxygen atoms in total. The summed E-state index contributed by atoms with van der Waals surface area (Å²) in [6.45, 7) is 7.89. The Morgan fingerprint density at radius 1 is 0.818 bits per heavy atom. The van der Waals surface area contributed by atoms with Crippen LogP contribution < -0.4 is 9.47 Å². The van der Waals surface area contributed by atoms with Gasteiger partial charge in [0.1, 0.15) is 5.82 Å². The molecule has 5 heteroatoms. The van der Waals surface area contributed by atoms with E-state index in [2.05, 4.69) is 102 Å². The van der Waals surface area contributed by atoms with E-state index in [-0.39, 0.29) is 6.04 Å². The summed E-state index contributed by atoms with van der Waals surface area (Å²) in [6, 6.07) is 28.5. The zero-order valence-electron chi connectivity index (χ0n) is 26.7. The highest BCUT2D eigenvalue weighted by molar-refractivity contribution is 5.69. The molecular formula is C39H49N3O2. The molecule has 0 N–H and O–H groups in total. The van der Waals surface area contributed by atoms with E-state index < -0.39 is 0 Å². The molecule has 3 aromatic carbocycles. The molecule has 1 aliphatic heterocycles. The van der Waals surface area contributed by atoms with Gasteiger partial charge in [0.25, 0.3) is 0 Å². The predicted octanol–water partition coefficient (Wildman–Crippen LogP) is 10.1. The Morgan fingerprint density at radius 2 is 1.52 bits per heavy atom. The average Bonchev–Trinajstić information content (AvgIpc) is 3.70. The van der Waals surface area contributed by atoms with E-state index >= 15 is 0 Å². The lowest BCUT2D eigenvalue weighted by Gasteiger charge is -2.37. The first kappa shape index (κ1) is 30.5. The van der Waals surface area contributed by atoms with E-state index in [0.29, 0.717) is 6.79 Å². The maximum absolute atomic E-state index is 5.82. The van der Waals surface area contributed by atoms with Crippen LogP contribution in [0.5, 0.6) is 11.5 Å². The summed E-state index contributed by atoms with van der Waals surface area (Å²) >= 11 is 0. The third-order valence-corrected chi connectivity index (χ3v) is 9.45. The second-order valence-corrected chi connectivity index (χ2v) is 12.7. The Bertz CT molecular complexity index is 1460. The molecule has 1 aliphatic carbocycles. The van der Waals surface area contributed by atoms with Crippen LogP contribution >= 0.6 is 0 Å². The maximum Gasteiger partial charge on any atom is 0.231 e. The number of imidazole rings is 1. The van der Waals surface area contributed by atoms with Gasteiger partial charge in [0.05, 0.1) is 17.4 Å². The topological polar surface area (TPSA) is 39.5 Å². The summed E-state index contributed by atoms with van der Waals surface area (Å²) in [7, 11) is 0. The van der Waals surface area contributed by atoms with Gasteiger partial charge in [-0.05, 0) is 49.3 Å². The molecule has 1 fully saturated rings. The first-order valence-electron chi connectivity index (χ1n) is 17.1. The normalized spacial score (nSPS) is 15.6. The second kappa shape index (κ2) is 14.9. The van der Waals surface area contributed by atoms with Crippen LogP contribution in [-0.4, -0.2) is 27.8 Å². The van der Waals surface area contributed by atoms with E-state index in [1.807, 2.05) is 0 Å². The SMILES string of the molecule is CCCC[C@@H](c1c(-c2ccccc2)nc(-c2ccccc2)n1CCCC)N(Cc1ccc2c(c1)OCO2)CC1CCCCC1. The number of ether oxygens (including phenoxy) is 2. The van der Waals surface area contributed by atoms with Crippen molar-refractivity contribution in [3.8, 4) is 34.1 Å². The third kappa shape index (κ3) is 7.04. The van der Waals surface area contributed by atoms with Gasteiger partial charge < -0.3 is 14.0 Å². The van der Waals surface area contributed by atoms with Crippen LogP contribution in [0.15, 0.2) is 78.9 Å². The summed E-state index contributed by atoms with van der Waals surface area (Å²) in [4.78, 5) is 8.33. The van der Waals surface area contributed by atoms with E-state index in [1.54, 1.807) is 0 Å². The smallest absolute Gasteiger partial charge is 0.231 e. The van der Waals surface area contributed by atoms with Gasteiger partial charge in [-0.2, -0.15) is 0 Å². The number of hydrogen-bond acceptors (Lipinski definition) is 4. The summed E-state index contributed by atoms with van der Waals surface area (Å²) in [5, 5.41) is 0. The summed E-state index contributed by atoms with van der Waals surface area (Å²) in [5.74, 6) is 3.54. The van der Waals surface area contributed by atoms with Crippen LogP contribution in [0, 0.1) is 5.92 Å². The molecule has 0 saturated heterocycles. The minimum absolute atomic E-state index is 0.249. The number of fused-ring (bicyclic) bond motifs is 1. The number of rotatable bonds is 14. The van der Waals surface area contributed by atoms with Crippen LogP contribution in [0.1, 0.15) is 95.4 Å². The lowest BCUT2D eigenvalue weighted by Crippen LogP contribution is -2.35. The van der Waals surface area contributed by atoms with Gasteiger partial charge in [0, 0.05) is 30.8 Å². The lowest BCUT2D eigenvalue weighted by molar-refractivity contribution is 0.127. The Kier molecular flexibility index (Phi) is 10.3. The molecule has 1 saturated carbocycles. The fourth-order valence-electron chi connectivity index (χ4n) is 7.13. The van der Waals surface area contributed by atoms with E-state index in [0.717, 1.165) is 67.8 Å². The fraction of sp³-hybridized carbons (Fsp3) is 0.462. The zero-order chi connectivity index (χ0) is 30.1. The first-order chi connectivity index (χ1) is 21.7. The number of hydrogen-bond donors (Lipinski definition) is 0. The van der Waals surface area contributed by atoms with Crippen LogP contribution in [-0.2, 0) is 13.1 Å². The Balaban J connectivity index is 1.50. The quantitative estimate of drug-likeness (QED) is 0.146. The van der Waals surface area contributed by atoms with Crippen LogP contribution in [0.2, 0.25) is 0 Å². The van der Waals surface area contributed by atoms with E-state index in [9.17, 15) is 0 Å². The molecule has 232 valence electrons. The van der Waals surface area contributed by atoms with Crippen molar-refractivity contribution in [1.82, 2.24) is 14.5 Å². The largest absolute Gasteiger partial charge is 0.454 e. The van der Waals surface area contributed by atoms with Crippen molar-refractivity contribution >= 4 is 0 Å². The Morgan fingerprint density at radius 3 is 2.25 bits per heavy atom. The molecule has 6 rings (SSSR count). The number of unbranched alkanes of at least 4 members (excludes halogenated alkanes) is 2. The molecule has 0 radical (unpaired) electrons. The van der Waals surface area contributed by atoms with Crippen LogP contribution in [0.3, 0.4) is 0 Å². The number of benzene rings is 3. The summed E-state index contributed by atoms with van der Waals surface area (Å²) in [5.41, 5.74) is 6.21. The Labute approximate surface area is 264 Å². The van der Waals surface area contributed by atoms with Crippen molar-refractivity contribution in [2.75, 3.05) is 13.3 Å². The van der Waals surface area contributed by atoms with E-state index in [4.69, 9.17) is 14.5 Å². The number of aromatic nitrogens is 2. The molecular weight excluding hydrogens is 542 g/mol. The van der Waals surface area contributed by atoms with Gasteiger partial charge in [-0.1, -0.05) is 119 Å². The highest BCUT2D eigenvalue weighted by Gasteiger charge is 2.32. The molecule has 44 heavy (non-hydrogen) atoms. The minimum atomic E-state index is 0.249. The van der Waals surface area contributed by atoms with Crippen molar-refractivity contribution in [2.45, 2.75) is 97.2 Å². The van der Waals surface area contributed by atoms with Crippen LogP contribution in [0.4, 0.5) is 0 Å². The van der Waals surface area contributed by atoms with Gasteiger partial charge >= 0.3 is 0 Å². The van der Waals surface area contributed by atoms with E-state index in [1.165, 1.54) is 67.3 Å². The van der Waals surface area contributed by atoms with Crippen molar-refractivity contribution in [1.29, 1.82) is 0 Å². The average molecular weight is 592 g/mol. The molecule has 1 aromatic heterocycles. The third-order valence-electron chi connectivity index (χ3n) is 9.45. The van der Waals surface area contributed by atoms with Crippen molar-refractivity contribution < 1.29 is 9.47 Å². The first-order valence-corrected chi connectivity index (χ1v) is 17.1. The van der Waals surface area contributed by atoms with Gasteiger partial charge in [-0.25, -0.2) is 4.98 Å². The summed E-state index contributed by atoms with van der Waals surface area (Å²) in [6.07, 6.45) is 12.5. The highest BCUT2D eigenvalue weighted by atomic mass is 16.7. The molecule has 4 aromatic rings. The number of nitrogens with zero attached hydrogens (tertiary/aromatic N) is 3. The molecule has 0 spiro atoms. The highest BCUT2D eigenvalue weighted by Crippen LogP contribution is 2.41. The maximum atomic E-state index is 5.82. The van der Waals surface area contributed by atoms with Crippen molar-refractivity contribution in [2.24, 2.45) is 5.92 Å². The fourth-order valence-corrected chi connectivity index (χ4v) is 7.13. The van der Waals surface area contributed by atoms with Gasteiger partial charge in [-0.3, -0.25) is 4.90 Å². The molecule has 0 amide bonds. The molecule has 2 heterocycles. The molecule has 1 atom stereocenters. The Hall–Kier alpha value is -3.57. The standard InChI is InChI=1S/C39H49N3O2/c1-3-5-22-34(41(27-30-16-10-7-11-17-30)28-31-23-24-35-36(26-31)44-29-43-35)38-37(32-18-12-8-13-19-32)40-39(42(38)25-6-4-2)33-20-14-9-15-21-33/h8-9,12-15,18-21,23-24,26,30,34H,3-7,10-11,16-17,22,25,27-29H2,1-2H3/t34-/m0/s1. The molecule has 0 unspecified atom stereocenters. The van der Waals surface area contributed by atoms with Crippen molar-refractivity contribution in [3.63, 3.8) is 0 Å². The predicted molar refractivity (Wildman–Crippen MR) is 180 cm³/mol. The molecule has 2 aliphatic rings. The van der Waals surface area contributed by atoms with Gasteiger partial charge in [-0.15, -0.1) is 0 Å². The van der Waals surface area contributed by atoms with Crippen LogP contribution in [0.25, 0.3) is 22.6 Å². The summed E-state index contributed by atoms with van der Waals surface area (Å²) < 4.78 is 14.1. The van der Waals surface area contributed by atoms with Crippen molar-refractivity contribution in [3.05, 3.63) is 90.1 Å². The van der Waals surface area contributed by atoms with Gasteiger partial charge in [0.2, 0.25) is 6.79 Å². The van der Waals surface area contributed by atoms with Gasteiger partial charge in [0.15, 0.2) is 11.5 Å². The zero-order valence-corrected chi connectivity index (χ0v) is 26.7. The lowest BCUT2D eigenvalue weighted by atomic mass is 9.88.